The summed E-state index contributed by atoms with van der Waals surface area (Å²) in [6.45, 7) is 1.72. The van der Waals surface area contributed by atoms with Crippen LogP contribution < -0.4 is 16.7 Å². The smallest absolute Gasteiger partial charge is 0.329 e. The van der Waals surface area contributed by atoms with E-state index in [1.165, 1.54) is 4.57 Å². The molecule has 0 spiro atoms. The lowest BCUT2D eigenvalue weighted by Crippen LogP contribution is -2.44. The van der Waals surface area contributed by atoms with Crippen LogP contribution in [0.25, 0.3) is 11.0 Å². The average Bonchev–Trinajstić information content (AvgIpc) is 2.86. The van der Waals surface area contributed by atoms with Gasteiger partial charge < -0.3 is 10.5 Å². The Morgan fingerprint density at radius 1 is 1.23 bits per heavy atom. The zero-order valence-electron chi connectivity index (χ0n) is 14.9. The van der Waals surface area contributed by atoms with E-state index in [1.807, 2.05) is 18.2 Å². The molecule has 0 radical (unpaired) electrons. The number of nitrogens with one attached hydrogen (secondary N) is 1. The number of fused-ring (bicyclic) bond motifs is 1. The van der Waals surface area contributed by atoms with Crippen LogP contribution in [0.15, 0.2) is 23.0 Å². The molecule has 1 aromatic carbocycles. The predicted molar refractivity (Wildman–Crippen MR) is 96.8 cm³/mol. The number of amides is 2. The Morgan fingerprint density at radius 2 is 2.04 bits per heavy atom. The quantitative estimate of drug-likeness (QED) is 0.543. The van der Waals surface area contributed by atoms with Gasteiger partial charge in [-0.05, 0) is 37.0 Å². The van der Waals surface area contributed by atoms with Crippen molar-refractivity contribution in [2.75, 3.05) is 19.8 Å². The van der Waals surface area contributed by atoms with Crippen LogP contribution in [0, 0.1) is 0 Å². The minimum Gasteiger partial charge on any atom is -0.380 e. The first-order valence-corrected chi connectivity index (χ1v) is 8.84. The van der Waals surface area contributed by atoms with E-state index in [2.05, 4.69) is 5.32 Å². The molecule has 2 amide bonds. The number of aryl methyl sites for hydroxylation is 2. The van der Waals surface area contributed by atoms with Crippen molar-refractivity contribution in [2.45, 2.75) is 31.7 Å². The van der Waals surface area contributed by atoms with E-state index in [4.69, 9.17) is 10.5 Å². The SMILES string of the molecule is Cn1c(=O)n(C2CCC(=O)NC2=O)c2ccc(CCCOCCN)cc21. The topological polar surface area (TPSA) is 108 Å². The van der Waals surface area contributed by atoms with Gasteiger partial charge in [0, 0.05) is 26.6 Å². The molecule has 8 heteroatoms. The molecule has 140 valence electrons. The molecular formula is C18H24N4O4. The zero-order valence-corrected chi connectivity index (χ0v) is 14.9. The van der Waals surface area contributed by atoms with Gasteiger partial charge in [-0.2, -0.15) is 0 Å². The van der Waals surface area contributed by atoms with Crippen LogP contribution in [-0.4, -0.2) is 40.7 Å². The van der Waals surface area contributed by atoms with Gasteiger partial charge in [0.1, 0.15) is 6.04 Å². The van der Waals surface area contributed by atoms with Crippen LogP contribution in [0.5, 0.6) is 0 Å². The summed E-state index contributed by atoms with van der Waals surface area (Å²) in [6.07, 6.45) is 2.27. The van der Waals surface area contributed by atoms with Crippen LogP contribution in [-0.2, 0) is 27.8 Å². The van der Waals surface area contributed by atoms with Crippen LogP contribution in [0.2, 0.25) is 0 Å². The van der Waals surface area contributed by atoms with E-state index in [0.29, 0.717) is 31.7 Å². The maximum Gasteiger partial charge on any atom is 0.329 e. The van der Waals surface area contributed by atoms with Crippen molar-refractivity contribution in [1.29, 1.82) is 0 Å². The molecule has 0 bridgehead atoms. The van der Waals surface area contributed by atoms with Gasteiger partial charge in [0.25, 0.3) is 0 Å². The molecule has 1 atom stereocenters. The molecule has 1 aliphatic heterocycles. The number of nitrogens with zero attached hydrogens (tertiary/aromatic N) is 2. The number of rotatable bonds is 7. The predicted octanol–water partition coefficient (Wildman–Crippen LogP) is 0.226. The highest BCUT2D eigenvalue weighted by Crippen LogP contribution is 2.24. The molecule has 1 unspecified atom stereocenters. The first-order chi connectivity index (χ1) is 12.5. The van der Waals surface area contributed by atoms with Crippen molar-refractivity contribution < 1.29 is 14.3 Å². The molecule has 2 heterocycles. The molecule has 2 aromatic rings. The van der Waals surface area contributed by atoms with Gasteiger partial charge >= 0.3 is 5.69 Å². The molecule has 1 aliphatic rings. The van der Waals surface area contributed by atoms with E-state index in [-0.39, 0.29) is 18.0 Å². The van der Waals surface area contributed by atoms with Gasteiger partial charge in [-0.3, -0.25) is 24.0 Å². The lowest BCUT2D eigenvalue weighted by Gasteiger charge is -2.21. The second kappa shape index (κ2) is 7.84. The first-order valence-electron chi connectivity index (χ1n) is 8.84. The number of carbonyl (C=O) groups excluding carboxylic acids is 2. The van der Waals surface area contributed by atoms with Gasteiger partial charge in [-0.15, -0.1) is 0 Å². The van der Waals surface area contributed by atoms with Gasteiger partial charge in [-0.25, -0.2) is 4.79 Å². The fourth-order valence-corrected chi connectivity index (χ4v) is 3.36. The highest BCUT2D eigenvalue weighted by Gasteiger charge is 2.31. The van der Waals surface area contributed by atoms with Gasteiger partial charge in [-0.1, -0.05) is 6.07 Å². The molecule has 1 saturated heterocycles. The number of benzene rings is 1. The maximum absolute atomic E-state index is 12.7. The van der Waals surface area contributed by atoms with Crippen molar-refractivity contribution in [3.63, 3.8) is 0 Å². The Hall–Kier alpha value is -2.45. The number of imidazole rings is 1. The standard InChI is InChI=1S/C18H24N4O4/c1-21-15-11-12(3-2-9-26-10-8-19)4-5-13(15)22(18(21)25)14-6-7-16(23)20-17(14)24/h4-5,11,14H,2-3,6-10,19H2,1H3,(H,20,23,24). The summed E-state index contributed by atoms with van der Waals surface area (Å²) in [4.78, 5) is 36.2. The minimum absolute atomic E-state index is 0.236. The summed E-state index contributed by atoms with van der Waals surface area (Å²) in [5.74, 6) is -0.712. The van der Waals surface area contributed by atoms with Crippen molar-refractivity contribution in [1.82, 2.24) is 14.5 Å². The number of ether oxygens (including phenoxy) is 1. The largest absolute Gasteiger partial charge is 0.380 e. The zero-order chi connectivity index (χ0) is 18.7. The number of nitrogens with two attached hydrogens (primary N) is 1. The molecule has 26 heavy (non-hydrogen) atoms. The lowest BCUT2D eigenvalue weighted by molar-refractivity contribution is -0.135. The van der Waals surface area contributed by atoms with E-state index >= 15 is 0 Å². The summed E-state index contributed by atoms with van der Waals surface area (Å²) in [7, 11) is 1.70. The number of hydrogen-bond donors (Lipinski definition) is 2. The second-order valence-electron chi connectivity index (χ2n) is 6.51. The molecule has 0 aliphatic carbocycles. The Morgan fingerprint density at radius 3 is 2.77 bits per heavy atom. The first kappa shape index (κ1) is 18.3. The third kappa shape index (κ3) is 3.56. The average molecular weight is 360 g/mol. The Kier molecular flexibility index (Phi) is 5.53. The number of piperidine rings is 1. The van der Waals surface area contributed by atoms with E-state index in [1.54, 1.807) is 11.6 Å². The Bertz CT molecular complexity index is 883. The molecule has 3 N–H and O–H groups in total. The fraction of sp³-hybridized carbons (Fsp3) is 0.500. The van der Waals surface area contributed by atoms with Crippen LogP contribution in [0.3, 0.4) is 0 Å². The highest BCUT2D eigenvalue weighted by atomic mass is 16.5. The molecular weight excluding hydrogens is 336 g/mol. The number of carbonyl (C=O) groups is 2. The van der Waals surface area contributed by atoms with Crippen molar-refractivity contribution in [2.24, 2.45) is 12.8 Å². The van der Waals surface area contributed by atoms with Crippen molar-refractivity contribution >= 4 is 22.8 Å². The van der Waals surface area contributed by atoms with Gasteiger partial charge in [0.2, 0.25) is 11.8 Å². The summed E-state index contributed by atoms with van der Waals surface area (Å²) in [6, 6.07) is 5.16. The lowest BCUT2D eigenvalue weighted by atomic mass is 10.1. The molecule has 0 saturated carbocycles. The van der Waals surface area contributed by atoms with E-state index < -0.39 is 11.9 Å². The van der Waals surface area contributed by atoms with Crippen molar-refractivity contribution in [3.8, 4) is 0 Å². The summed E-state index contributed by atoms with van der Waals surface area (Å²) in [5, 5.41) is 2.32. The second-order valence-corrected chi connectivity index (χ2v) is 6.51. The Labute approximate surface area is 150 Å². The number of hydrogen-bond acceptors (Lipinski definition) is 5. The maximum atomic E-state index is 12.7. The summed E-state index contributed by atoms with van der Waals surface area (Å²) >= 11 is 0. The molecule has 1 aromatic heterocycles. The van der Waals surface area contributed by atoms with Gasteiger partial charge in [0.05, 0.1) is 17.6 Å². The van der Waals surface area contributed by atoms with Gasteiger partial charge in [0.15, 0.2) is 0 Å². The van der Waals surface area contributed by atoms with Crippen molar-refractivity contribution in [3.05, 3.63) is 34.2 Å². The van der Waals surface area contributed by atoms with Crippen LogP contribution in [0.4, 0.5) is 0 Å². The number of imide groups is 1. The normalized spacial score (nSPS) is 17.7. The molecule has 3 rings (SSSR count). The van der Waals surface area contributed by atoms with Crippen LogP contribution >= 0.6 is 0 Å². The summed E-state index contributed by atoms with van der Waals surface area (Å²) < 4.78 is 8.42. The third-order valence-electron chi connectivity index (χ3n) is 4.69. The highest BCUT2D eigenvalue weighted by molar-refractivity contribution is 6.00. The number of aromatic nitrogens is 2. The third-order valence-corrected chi connectivity index (χ3v) is 4.69. The molecule has 1 fully saturated rings. The minimum atomic E-state index is -0.653. The fourth-order valence-electron chi connectivity index (χ4n) is 3.36. The molecule has 8 nitrogen and oxygen atoms in total. The monoisotopic (exact) mass is 360 g/mol. The van der Waals surface area contributed by atoms with Crippen LogP contribution in [0.1, 0.15) is 30.9 Å². The summed E-state index contributed by atoms with van der Waals surface area (Å²) in [5.41, 5.74) is 7.72. The Balaban J connectivity index is 1.85. The van der Waals surface area contributed by atoms with E-state index in [9.17, 15) is 14.4 Å². The van der Waals surface area contributed by atoms with E-state index in [0.717, 1.165) is 23.9 Å².